The zero-order valence-corrected chi connectivity index (χ0v) is 14.8. The summed E-state index contributed by atoms with van der Waals surface area (Å²) >= 11 is 5.96. The molecule has 6 heteroatoms. The number of benzene rings is 2. The number of fused-ring (bicyclic) bond motifs is 1. The highest BCUT2D eigenvalue weighted by Crippen LogP contribution is 2.29. The maximum Gasteiger partial charge on any atom is 0.261 e. The van der Waals surface area contributed by atoms with Crippen molar-refractivity contribution in [1.29, 1.82) is 0 Å². The van der Waals surface area contributed by atoms with Gasteiger partial charge in [0.2, 0.25) is 0 Å². The van der Waals surface area contributed by atoms with Crippen LogP contribution in [0.4, 0.5) is 0 Å². The molecule has 2 aromatic carbocycles. The van der Waals surface area contributed by atoms with Gasteiger partial charge in [0.05, 0.1) is 11.1 Å². The number of hydrogen-bond acceptors (Lipinski definition) is 3. The fourth-order valence-electron chi connectivity index (χ4n) is 3.67. The van der Waals surface area contributed by atoms with E-state index in [0.717, 1.165) is 0 Å². The first-order valence-electron chi connectivity index (χ1n) is 8.58. The number of nitrogens with zero attached hydrogens (tertiary/aromatic N) is 2. The molecule has 0 aromatic heterocycles. The van der Waals surface area contributed by atoms with Gasteiger partial charge in [-0.15, -0.1) is 0 Å². The van der Waals surface area contributed by atoms with Crippen molar-refractivity contribution in [2.75, 3.05) is 13.1 Å². The lowest BCUT2D eigenvalue weighted by molar-refractivity contribution is 0.0479. The molecular weight excluding hydrogens is 352 g/mol. The van der Waals surface area contributed by atoms with E-state index in [9.17, 15) is 14.4 Å². The smallest absolute Gasteiger partial charge is 0.261 e. The van der Waals surface area contributed by atoms with E-state index < -0.39 is 0 Å². The van der Waals surface area contributed by atoms with Crippen molar-refractivity contribution in [2.24, 2.45) is 0 Å². The molecule has 1 saturated heterocycles. The number of halogens is 1. The molecule has 2 aliphatic heterocycles. The molecule has 2 aromatic rings. The fraction of sp³-hybridized carbons (Fsp3) is 0.250. The van der Waals surface area contributed by atoms with Crippen LogP contribution in [0.3, 0.4) is 0 Å². The Kier molecular flexibility index (Phi) is 4.24. The van der Waals surface area contributed by atoms with Gasteiger partial charge < -0.3 is 4.90 Å². The van der Waals surface area contributed by atoms with Gasteiger partial charge in [0, 0.05) is 29.7 Å². The maximum atomic E-state index is 12.6. The Labute approximate surface area is 156 Å². The summed E-state index contributed by atoms with van der Waals surface area (Å²) in [5, 5.41) is 0.525. The molecule has 0 unspecified atom stereocenters. The number of carbonyl (C=O) groups is 3. The van der Waals surface area contributed by atoms with E-state index in [1.54, 1.807) is 53.4 Å². The first-order chi connectivity index (χ1) is 12.6. The van der Waals surface area contributed by atoms with Crippen LogP contribution in [0.1, 0.15) is 43.9 Å². The highest BCUT2D eigenvalue weighted by Gasteiger charge is 2.41. The molecule has 0 bridgehead atoms. The van der Waals surface area contributed by atoms with Gasteiger partial charge in [-0.25, -0.2) is 0 Å². The Morgan fingerprint density at radius 1 is 0.923 bits per heavy atom. The van der Waals surface area contributed by atoms with Crippen molar-refractivity contribution < 1.29 is 14.4 Å². The monoisotopic (exact) mass is 368 g/mol. The van der Waals surface area contributed by atoms with Crippen molar-refractivity contribution in [2.45, 2.75) is 18.9 Å². The Hall–Kier alpha value is -2.66. The van der Waals surface area contributed by atoms with Gasteiger partial charge in [0.25, 0.3) is 17.7 Å². The summed E-state index contributed by atoms with van der Waals surface area (Å²) in [6.07, 6.45) is 1.16. The second-order valence-electron chi connectivity index (χ2n) is 6.56. The largest absolute Gasteiger partial charge is 0.338 e. The zero-order chi connectivity index (χ0) is 18.3. The van der Waals surface area contributed by atoms with Crippen LogP contribution in [0.15, 0.2) is 48.5 Å². The Balaban J connectivity index is 1.45. The molecular formula is C20H17ClN2O3. The highest BCUT2D eigenvalue weighted by molar-refractivity contribution is 6.31. The molecule has 0 spiro atoms. The minimum atomic E-state index is -0.231. The van der Waals surface area contributed by atoms with Crippen LogP contribution in [0, 0.1) is 0 Å². The van der Waals surface area contributed by atoms with E-state index in [2.05, 4.69) is 0 Å². The summed E-state index contributed by atoms with van der Waals surface area (Å²) in [4.78, 5) is 40.9. The molecule has 5 nitrogen and oxygen atoms in total. The Bertz CT molecular complexity index is 868. The summed E-state index contributed by atoms with van der Waals surface area (Å²) in [6, 6.07) is 13.6. The average Bonchev–Trinajstić information content (AvgIpc) is 2.92. The van der Waals surface area contributed by atoms with Crippen molar-refractivity contribution in [3.63, 3.8) is 0 Å². The number of carbonyl (C=O) groups excluding carboxylic acids is 3. The van der Waals surface area contributed by atoms with Gasteiger partial charge in [-0.3, -0.25) is 19.3 Å². The molecule has 1 fully saturated rings. The van der Waals surface area contributed by atoms with Crippen LogP contribution < -0.4 is 0 Å². The quantitative estimate of drug-likeness (QED) is 0.764. The van der Waals surface area contributed by atoms with Gasteiger partial charge in [0.1, 0.15) is 0 Å². The van der Waals surface area contributed by atoms with Crippen LogP contribution >= 0.6 is 11.6 Å². The average molecular weight is 369 g/mol. The van der Waals surface area contributed by atoms with Crippen LogP contribution in [0.2, 0.25) is 5.02 Å². The van der Waals surface area contributed by atoms with Crippen molar-refractivity contribution in [1.82, 2.24) is 9.80 Å². The Morgan fingerprint density at radius 3 is 2.12 bits per heavy atom. The van der Waals surface area contributed by atoms with Crippen molar-refractivity contribution >= 4 is 29.3 Å². The van der Waals surface area contributed by atoms with Crippen LogP contribution in [0.25, 0.3) is 0 Å². The third-order valence-electron chi connectivity index (χ3n) is 5.01. The second kappa shape index (κ2) is 6.57. The third-order valence-corrected chi connectivity index (χ3v) is 5.25. The maximum absolute atomic E-state index is 12.6. The predicted octanol–water partition coefficient (Wildman–Crippen LogP) is 3.24. The summed E-state index contributed by atoms with van der Waals surface area (Å²) in [5.41, 5.74) is 1.49. The lowest BCUT2D eigenvalue weighted by Gasteiger charge is -2.35. The number of rotatable bonds is 2. The molecule has 4 rings (SSSR count). The lowest BCUT2D eigenvalue weighted by Crippen LogP contribution is -2.48. The molecule has 3 amide bonds. The molecule has 26 heavy (non-hydrogen) atoms. The second-order valence-corrected chi connectivity index (χ2v) is 7.00. The number of hydrogen-bond donors (Lipinski definition) is 0. The van der Waals surface area contributed by atoms with Crippen molar-refractivity contribution in [3.05, 3.63) is 70.2 Å². The Morgan fingerprint density at radius 2 is 1.54 bits per heavy atom. The summed E-state index contributed by atoms with van der Waals surface area (Å²) in [6.45, 7) is 1.01. The highest BCUT2D eigenvalue weighted by atomic mass is 35.5. The fourth-order valence-corrected chi connectivity index (χ4v) is 3.86. The first-order valence-corrected chi connectivity index (χ1v) is 8.96. The number of amides is 3. The van der Waals surface area contributed by atoms with Crippen molar-refractivity contribution in [3.8, 4) is 0 Å². The molecule has 132 valence electrons. The summed E-state index contributed by atoms with van der Waals surface area (Å²) in [7, 11) is 0. The predicted molar refractivity (Wildman–Crippen MR) is 97.3 cm³/mol. The first kappa shape index (κ1) is 16.8. The molecule has 0 atom stereocenters. The molecule has 2 heterocycles. The van der Waals surface area contributed by atoms with Gasteiger partial charge in [0.15, 0.2) is 0 Å². The van der Waals surface area contributed by atoms with E-state index in [4.69, 9.17) is 11.6 Å². The van der Waals surface area contributed by atoms with Gasteiger partial charge in [-0.2, -0.15) is 0 Å². The standard InChI is InChI=1S/C20H17ClN2O3/c21-14-5-3-4-13(12-14)18(24)22-10-8-15(9-11-22)23-19(25)16-6-1-2-7-17(16)20(23)26/h1-7,12,15H,8-11H2. The minimum absolute atomic E-state index is 0.0756. The molecule has 2 aliphatic rings. The zero-order valence-electron chi connectivity index (χ0n) is 14.0. The minimum Gasteiger partial charge on any atom is -0.338 e. The van der Waals surface area contributed by atoms with E-state index >= 15 is 0 Å². The molecule has 0 saturated carbocycles. The van der Waals surface area contributed by atoms with Crippen LogP contribution in [0.5, 0.6) is 0 Å². The van der Waals surface area contributed by atoms with Crippen LogP contribution in [-0.2, 0) is 0 Å². The van der Waals surface area contributed by atoms with E-state index in [1.807, 2.05) is 0 Å². The van der Waals surface area contributed by atoms with Gasteiger partial charge in [-0.1, -0.05) is 29.8 Å². The topological polar surface area (TPSA) is 57.7 Å². The van der Waals surface area contributed by atoms with Gasteiger partial charge >= 0.3 is 0 Å². The SMILES string of the molecule is O=C(c1cccc(Cl)c1)N1CCC(N2C(=O)c3ccccc3C2=O)CC1. The van der Waals surface area contributed by atoms with Crippen LogP contribution in [-0.4, -0.2) is 46.7 Å². The third kappa shape index (κ3) is 2.78. The van der Waals surface area contributed by atoms with Gasteiger partial charge in [-0.05, 0) is 43.2 Å². The number of imide groups is 1. The number of likely N-dealkylation sites (tertiary alicyclic amines) is 1. The molecule has 0 aliphatic carbocycles. The lowest BCUT2D eigenvalue weighted by atomic mass is 10.0. The summed E-state index contributed by atoms with van der Waals surface area (Å²) < 4.78 is 0. The van der Waals surface area contributed by atoms with E-state index in [0.29, 0.717) is 47.6 Å². The normalized spacial score (nSPS) is 17.6. The molecule has 0 N–H and O–H groups in total. The number of piperidine rings is 1. The van der Waals surface area contributed by atoms with E-state index in [-0.39, 0.29) is 23.8 Å². The summed E-state index contributed by atoms with van der Waals surface area (Å²) in [5.74, 6) is -0.538. The molecule has 0 radical (unpaired) electrons. The van der Waals surface area contributed by atoms with E-state index in [1.165, 1.54) is 4.90 Å².